The molecule has 3 aliphatic rings. The lowest BCUT2D eigenvalue weighted by molar-refractivity contribution is -0.137. The number of amides is 1. The Hall–Kier alpha value is -3.67. The van der Waals surface area contributed by atoms with Gasteiger partial charge in [-0.2, -0.15) is 13.2 Å². The molecule has 3 unspecified atom stereocenters. The quantitative estimate of drug-likeness (QED) is 0.287. The molecule has 3 atom stereocenters. The van der Waals surface area contributed by atoms with Gasteiger partial charge in [0.05, 0.1) is 5.56 Å². The molecule has 1 amide bonds. The Balaban J connectivity index is 1.19. The van der Waals surface area contributed by atoms with Gasteiger partial charge in [0.25, 0.3) is 0 Å². The lowest BCUT2D eigenvalue weighted by Gasteiger charge is -2.51. The predicted molar refractivity (Wildman–Crippen MR) is 166 cm³/mol. The highest BCUT2D eigenvalue weighted by atomic mass is 19.4. The Morgan fingerprint density at radius 2 is 1.76 bits per heavy atom. The van der Waals surface area contributed by atoms with Crippen LogP contribution in [-0.4, -0.2) is 71.6 Å². The number of benzene rings is 2. The molecule has 2 saturated heterocycles. The van der Waals surface area contributed by atoms with Crippen molar-refractivity contribution < 1.29 is 27.1 Å². The molecular weight excluding hydrogens is 600 g/mol. The first-order chi connectivity index (χ1) is 22.1. The molecule has 0 radical (unpaired) electrons. The number of halogens is 4. The van der Waals surface area contributed by atoms with Gasteiger partial charge in [0.2, 0.25) is 0 Å². The Labute approximate surface area is 267 Å². The van der Waals surface area contributed by atoms with Crippen molar-refractivity contribution in [2.45, 2.75) is 63.3 Å². The number of aromatic nitrogens is 3. The van der Waals surface area contributed by atoms with Crippen molar-refractivity contribution in [2.24, 2.45) is 17.8 Å². The smallest absolute Gasteiger partial charge is 0.416 e. The van der Waals surface area contributed by atoms with Crippen molar-refractivity contribution in [3.63, 3.8) is 0 Å². The van der Waals surface area contributed by atoms with Crippen LogP contribution in [0.2, 0.25) is 0 Å². The maximum Gasteiger partial charge on any atom is 0.416 e. The van der Waals surface area contributed by atoms with Gasteiger partial charge in [-0.15, -0.1) is 10.2 Å². The zero-order chi connectivity index (χ0) is 32.5. The number of hydrogen-bond acceptors (Lipinski definition) is 6. The number of carbonyl (C=O) groups excluding carboxylic acids is 1. The Bertz CT molecular complexity index is 1480. The summed E-state index contributed by atoms with van der Waals surface area (Å²) in [6.07, 6.45) is 0.982. The van der Waals surface area contributed by atoms with Gasteiger partial charge in [0, 0.05) is 56.2 Å². The van der Waals surface area contributed by atoms with Crippen LogP contribution >= 0.6 is 0 Å². The molecule has 3 heterocycles. The number of piperidine rings is 1. The van der Waals surface area contributed by atoms with Crippen LogP contribution in [0.4, 0.5) is 28.0 Å². The van der Waals surface area contributed by atoms with E-state index in [1.165, 1.54) is 6.07 Å². The van der Waals surface area contributed by atoms with Crippen LogP contribution in [0.3, 0.4) is 0 Å². The van der Waals surface area contributed by atoms with E-state index in [-0.39, 0.29) is 23.8 Å². The zero-order valence-corrected chi connectivity index (χ0v) is 26.3. The van der Waals surface area contributed by atoms with Gasteiger partial charge in [0.1, 0.15) is 24.1 Å². The molecule has 1 aliphatic carbocycles. The van der Waals surface area contributed by atoms with E-state index in [1.807, 2.05) is 13.0 Å². The molecule has 6 rings (SSSR count). The minimum absolute atomic E-state index is 0.0196. The van der Waals surface area contributed by atoms with Gasteiger partial charge >= 0.3 is 12.3 Å². The van der Waals surface area contributed by atoms with Crippen LogP contribution in [0.15, 0.2) is 54.9 Å². The monoisotopic (exact) mass is 642 g/mol. The minimum atomic E-state index is -4.33. The second kappa shape index (κ2) is 13.2. The van der Waals surface area contributed by atoms with Crippen LogP contribution in [0.1, 0.15) is 49.1 Å². The van der Waals surface area contributed by atoms with Crippen molar-refractivity contribution in [2.75, 3.05) is 44.7 Å². The standard InChI is InChI=1S/C34H42F4N6O2/c1-23-41-40-22-44(23)21-33(27-5-3-6-28(35)17-27,30-7-4-8-31(30)46-32(45)39-2)25-13-15-42(16-14-25)18-24-19-43(20-24)29-11-9-26(10-12-29)34(36,37)38/h3,5-6,9-12,17,22,24-25,30-31H,4,7-8,13-16,18-21H2,1-2H3,(H,39,45). The first-order valence-electron chi connectivity index (χ1n) is 16.2. The van der Waals surface area contributed by atoms with Crippen molar-refractivity contribution >= 4 is 11.8 Å². The summed E-state index contributed by atoms with van der Waals surface area (Å²) in [7, 11) is 1.56. The summed E-state index contributed by atoms with van der Waals surface area (Å²) in [5, 5.41) is 11.0. The fourth-order valence-corrected chi connectivity index (χ4v) is 8.22. The average Bonchev–Trinajstić information content (AvgIpc) is 3.65. The van der Waals surface area contributed by atoms with Gasteiger partial charge in [-0.1, -0.05) is 12.1 Å². The van der Waals surface area contributed by atoms with E-state index in [1.54, 1.807) is 37.6 Å². The molecule has 248 valence electrons. The van der Waals surface area contributed by atoms with E-state index in [9.17, 15) is 22.4 Å². The summed E-state index contributed by atoms with van der Waals surface area (Å²) in [5.74, 6) is 1.10. The van der Waals surface area contributed by atoms with Gasteiger partial charge in [-0.25, -0.2) is 9.18 Å². The number of nitrogens with one attached hydrogen (secondary N) is 1. The SMILES string of the molecule is CNC(=O)OC1CCCC1C(Cn1cnnc1C)(c1cccc(F)c1)C1CCN(CC2CN(c3ccc(C(F)(F)F)cc3)C2)CC1. The van der Waals surface area contributed by atoms with Crippen LogP contribution in [0.5, 0.6) is 0 Å². The number of alkyl carbamates (subject to hydrolysis) is 1. The maximum atomic E-state index is 15.0. The van der Waals surface area contributed by atoms with Crippen molar-refractivity contribution in [3.05, 3.63) is 77.6 Å². The fourth-order valence-electron chi connectivity index (χ4n) is 8.22. The minimum Gasteiger partial charge on any atom is -0.446 e. The molecule has 2 aliphatic heterocycles. The van der Waals surface area contributed by atoms with E-state index in [2.05, 4.69) is 29.9 Å². The summed E-state index contributed by atoms with van der Waals surface area (Å²) in [4.78, 5) is 17.1. The van der Waals surface area contributed by atoms with E-state index in [4.69, 9.17) is 4.74 Å². The molecule has 46 heavy (non-hydrogen) atoms. The molecule has 1 aromatic heterocycles. The van der Waals surface area contributed by atoms with Gasteiger partial charge in [-0.05, 0) is 100.0 Å². The molecule has 12 heteroatoms. The van der Waals surface area contributed by atoms with Crippen molar-refractivity contribution in [1.82, 2.24) is 25.0 Å². The normalized spacial score (nSPS) is 22.8. The third-order valence-corrected chi connectivity index (χ3v) is 10.5. The molecule has 0 bridgehead atoms. The highest BCUT2D eigenvalue weighted by molar-refractivity contribution is 5.67. The van der Waals surface area contributed by atoms with E-state index < -0.39 is 23.2 Å². The van der Waals surface area contributed by atoms with E-state index >= 15 is 0 Å². The summed E-state index contributed by atoms with van der Waals surface area (Å²) >= 11 is 0. The Kier molecular flexibility index (Phi) is 9.27. The van der Waals surface area contributed by atoms with Crippen LogP contribution in [0.25, 0.3) is 0 Å². The molecule has 0 spiro atoms. The van der Waals surface area contributed by atoms with Crippen LogP contribution in [0, 0.1) is 30.5 Å². The number of anilines is 1. The third kappa shape index (κ3) is 6.59. The maximum absolute atomic E-state index is 15.0. The van der Waals surface area contributed by atoms with Crippen LogP contribution < -0.4 is 10.2 Å². The number of aryl methyl sites for hydroxylation is 1. The number of carbonyl (C=O) groups is 1. The predicted octanol–water partition coefficient (Wildman–Crippen LogP) is 6.06. The highest BCUT2D eigenvalue weighted by Gasteiger charge is 2.53. The van der Waals surface area contributed by atoms with Gasteiger partial charge in [-0.3, -0.25) is 0 Å². The number of hydrogen-bond donors (Lipinski definition) is 1. The third-order valence-electron chi connectivity index (χ3n) is 10.5. The number of ether oxygens (including phenoxy) is 1. The van der Waals surface area contributed by atoms with Gasteiger partial charge in [0.15, 0.2) is 0 Å². The lowest BCUT2D eigenvalue weighted by atomic mass is 9.58. The second-order valence-corrected chi connectivity index (χ2v) is 13.2. The number of likely N-dealkylation sites (tertiary alicyclic amines) is 1. The molecule has 2 aromatic carbocycles. The lowest BCUT2D eigenvalue weighted by Crippen LogP contribution is -2.55. The largest absolute Gasteiger partial charge is 0.446 e. The summed E-state index contributed by atoms with van der Waals surface area (Å²) < 4.78 is 61.9. The molecule has 8 nitrogen and oxygen atoms in total. The molecule has 1 saturated carbocycles. The summed E-state index contributed by atoms with van der Waals surface area (Å²) in [6.45, 7) is 6.79. The van der Waals surface area contributed by atoms with E-state index in [0.717, 1.165) is 94.0 Å². The van der Waals surface area contributed by atoms with Crippen LogP contribution in [-0.2, 0) is 22.9 Å². The van der Waals surface area contributed by atoms with Gasteiger partial charge < -0.3 is 24.4 Å². The zero-order valence-electron chi connectivity index (χ0n) is 26.3. The first-order valence-corrected chi connectivity index (χ1v) is 16.2. The van der Waals surface area contributed by atoms with Crippen molar-refractivity contribution in [1.29, 1.82) is 0 Å². The number of alkyl halides is 3. The summed E-state index contributed by atoms with van der Waals surface area (Å²) in [5.41, 5.74) is 0.584. The second-order valence-electron chi connectivity index (χ2n) is 13.2. The Morgan fingerprint density at radius 1 is 1.02 bits per heavy atom. The first kappa shape index (κ1) is 32.3. The Morgan fingerprint density at radius 3 is 2.39 bits per heavy atom. The van der Waals surface area contributed by atoms with E-state index in [0.29, 0.717) is 12.5 Å². The molecule has 3 aromatic rings. The fraction of sp³-hybridized carbons (Fsp3) is 0.559. The number of rotatable bonds is 9. The average molecular weight is 643 g/mol. The summed E-state index contributed by atoms with van der Waals surface area (Å²) in [6, 6.07) is 12.3. The molecule has 3 fully saturated rings. The number of nitrogens with zero attached hydrogens (tertiary/aromatic N) is 5. The highest BCUT2D eigenvalue weighted by Crippen LogP contribution is 2.52. The molecular formula is C34H42F4N6O2. The molecule has 1 N–H and O–H groups in total. The van der Waals surface area contributed by atoms with Crippen molar-refractivity contribution in [3.8, 4) is 0 Å². The topological polar surface area (TPSA) is 75.5 Å².